The summed E-state index contributed by atoms with van der Waals surface area (Å²) in [5.74, 6) is 0.927. The number of rotatable bonds is 7. The first-order valence-electron chi connectivity index (χ1n) is 7.71. The smallest absolute Gasteiger partial charge is 0.224 e. The van der Waals surface area contributed by atoms with E-state index in [1.165, 1.54) is 0 Å². The van der Waals surface area contributed by atoms with Gasteiger partial charge >= 0.3 is 0 Å². The van der Waals surface area contributed by atoms with Gasteiger partial charge < -0.3 is 10.1 Å². The first-order chi connectivity index (χ1) is 10.5. The molecule has 0 unspecified atom stereocenters. The second kappa shape index (κ2) is 7.63. The van der Waals surface area contributed by atoms with E-state index in [-0.39, 0.29) is 29.8 Å². The maximum Gasteiger partial charge on any atom is 0.224 e. The van der Waals surface area contributed by atoms with Crippen molar-refractivity contribution in [2.24, 2.45) is 5.92 Å². The Morgan fingerprint density at radius 3 is 2.64 bits per heavy atom. The maximum absolute atomic E-state index is 11.9. The molecule has 1 heterocycles. The minimum Gasteiger partial charge on any atom is -0.494 e. The Bertz CT molecular complexity index is 595. The molecule has 1 aromatic carbocycles. The highest BCUT2D eigenvalue weighted by Crippen LogP contribution is 2.22. The summed E-state index contributed by atoms with van der Waals surface area (Å²) in [5, 5.41) is 2.80. The van der Waals surface area contributed by atoms with Gasteiger partial charge in [-0.1, -0.05) is 13.3 Å². The topological polar surface area (TPSA) is 72.5 Å². The van der Waals surface area contributed by atoms with E-state index in [2.05, 4.69) is 12.2 Å². The number of hydrogen-bond donors (Lipinski definition) is 1. The molecular weight excluding hydrogens is 302 g/mol. The number of nitrogens with one attached hydrogen (secondary N) is 1. The molecule has 22 heavy (non-hydrogen) atoms. The molecule has 1 saturated heterocycles. The Balaban J connectivity index is 1.79. The van der Waals surface area contributed by atoms with Crippen LogP contribution >= 0.6 is 0 Å². The fourth-order valence-electron chi connectivity index (χ4n) is 2.48. The molecular formula is C16H23NO4S. The van der Waals surface area contributed by atoms with Crippen molar-refractivity contribution >= 4 is 21.4 Å². The maximum atomic E-state index is 11.9. The number of benzene rings is 1. The van der Waals surface area contributed by atoms with Gasteiger partial charge in [-0.05, 0) is 43.0 Å². The van der Waals surface area contributed by atoms with Crippen molar-refractivity contribution in [2.75, 3.05) is 23.4 Å². The molecule has 0 saturated carbocycles. The summed E-state index contributed by atoms with van der Waals surface area (Å²) in [6.45, 7) is 2.80. The number of ether oxygens (including phenoxy) is 1. The Morgan fingerprint density at radius 1 is 1.32 bits per heavy atom. The second-order valence-electron chi connectivity index (χ2n) is 5.75. The summed E-state index contributed by atoms with van der Waals surface area (Å²) < 4.78 is 28.3. The van der Waals surface area contributed by atoms with E-state index in [1.807, 2.05) is 12.1 Å². The number of carbonyl (C=O) groups is 1. The van der Waals surface area contributed by atoms with E-state index in [0.29, 0.717) is 18.7 Å². The average Bonchev–Trinajstić information content (AvgIpc) is 2.80. The molecule has 0 aromatic heterocycles. The molecule has 6 heteroatoms. The monoisotopic (exact) mass is 325 g/mol. The van der Waals surface area contributed by atoms with Gasteiger partial charge in [0.05, 0.1) is 18.1 Å². The molecule has 122 valence electrons. The van der Waals surface area contributed by atoms with Crippen LogP contribution in [0.1, 0.15) is 32.6 Å². The SMILES string of the molecule is CCCCOc1ccc(NC(=O)C[C@H]2CCS(=O)(=O)C2)cc1. The zero-order valence-electron chi connectivity index (χ0n) is 12.9. The van der Waals surface area contributed by atoms with Crippen molar-refractivity contribution in [3.8, 4) is 5.75 Å². The molecule has 1 aliphatic rings. The van der Waals surface area contributed by atoms with Gasteiger partial charge in [-0.15, -0.1) is 0 Å². The number of carbonyl (C=O) groups excluding carboxylic acids is 1. The van der Waals surface area contributed by atoms with Gasteiger partial charge in [0.2, 0.25) is 5.91 Å². The lowest BCUT2D eigenvalue weighted by molar-refractivity contribution is -0.116. The molecule has 1 fully saturated rings. The van der Waals surface area contributed by atoms with E-state index in [1.54, 1.807) is 12.1 Å². The third kappa shape index (κ3) is 5.33. The molecule has 1 amide bonds. The first kappa shape index (κ1) is 16.8. The molecule has 1 atom stereocenters. The average molecular weight is 325 g/mol. The highest BCUT2D eigenvalue weighted by molar-refractivity contribution is 7.91. The second-order valence-corrected chi connectivity index (χ2v) is 7.98. The molecule has 0 aliphatic carbocycles. The molecule has 5 nitrogen and oxygen atoms in total. The lowest BCUT2D eigenvalue weighted by Crippen LogP contribution is -2.17. The summed E-state index contributed by atoms with van der Waals surface area (Å²) in [4.78, 5) is 11.9. The van der Waals surface area contributed by atoms with Gasteiger partial charge in [-0.3, -0.25) is 4.79 Å². The van der Waals surface area contributed by atoms with Gasteiger partial charge in [-0.25, -0.2) is 8.42 Å². The van der Waals surface area contributed by atoms with Gasteiger partial charge in [0, 0.05) is 12.1 Å². The summed E-state index contributed by atoms with van der Waals surface area (Å²) >= 11 is 0. The largest absolute Gasteiger partial charge is 0.494 e. The number of amides is 1. The Morgan fingerprint density at radius 2 is 2.05 bits per heavy atom. The molecule has 1 aromatic rings. The lowest BCUT2D eigenvalue weighted by Gasteiger charge is -2.10. The van der Waals surface area contributed by atoms with Crippen LogP contribution in [0.2, 0.25) is 0 Å². The van der Waals surface area contributed by atoms with E-state index < -0.39 is 9.84 Å². The van der Waals surface area contributed by atoms with Crippen LogP contribution in [0.4, 0.5) is 5.69 Å². The van der Waals surface area contributed by atoms with Crippen LogP contribution in [0.15, 0.2) is 24.3 Å². The quantitative estimate of drug-likeness (QED) is 0.782. The predicted molar refractivity (Wildman–Crippen MR) is 86.9 cm³/mol. The number of sulfone groups is 1. The minimum absolute atomic E-state index is 0.0540. The fraction of sp³-hybridized carbons (Fsp3) is 0.562. The van der Waals surface area contributed by atoms with E-state index in [4.69, 9.17) is 4.74 Å². The summed E-state index contributed by atoms with van der Waals surface area (Å²) in [7, 11) is -2.93. The Hall–Kier alpha value is -1.56. The summed E-state index contributed by atoms with van der Waals surface area (Å²) in [6.07, 6.45) is 2.95. The van der Waals surface area contributed by atoms with Gasteiger partial charge in [0.1, 0.15) is 5.75 Å². The van der Waals surface area contributed by atoms with Gasteiger partial charge in [0.15, 0.2) is 9.84 Å². The van der Waals surface area contributed by atoms with Crippen molar-refractivity contribution in [3.05, 3.63) is 24.3 Å². The molecule has 1 aliphatic heterocycles. The third-order valence-electron chi connectivity index (χ3n) is 3.71. The standard InChI is InChI=1S/C16H23NO4S/c1-2-3-9-21-15-6-4-14(5-7-15)17-16(18)11-13-8-10-22(19,20)12-13/h4-7,13H,2-3,8-12H2,1H3,(H,17,18)/t13-/m1/s1. The summed E-state index contributed by atoms with van der Waals surface area (Å²) in [5.41, 5.74) is 0.702. The molecule has 0 spiro atoms. The molecule has 2 rings (SSSR count). The number of anilines is 1. The molecule has 0 bridgehead atoms. The highest BCUT2D eigenvalue weighted by atomic mass is 32.2. The predicted octanol–water partition coefficient (Wildman–Crippen LogP) is 2.63. The first-order valence-corrected chi connectivity index (χ1v) is 9.54. The van der Waals surface area contributed by atoms with Crippen LogP contribution in [0.25, 0.3) is 0 Å². The van der Waals surface area contributed by atoms with Gasteiger partial charge in [-0.2, -0.15) is 0 Å². The number of hydrogen-bond acceptors (Lipinski definition) is 4. The Kier molecular flexibility index (Phi) is 5.83. The Labute approximate surface area is 132 Å². The van der Waals surface area contributed by atoms with Crippen LogP contribution in [0.3, 0.4) is 0 Å². The zero-order valence-corrected chi connectivity index (χ0v) is 13.7. The molecule has 0 radical (unpaired) electrons. The minimum atomic E-state index is -2.93. The fourth-order valence-corrected chi connectivity index (χ4v) is 4.34. The van der Waals surface area contributed by atoms with Crippen LogP contribution in [-0.4, -0.2) is 32.4 Å². The van der Waals surface area contributed by atoms with E-state index in [0.717, 1.165) is 18.6 Å². The normalized spacial score (nSPS) is 19.8. The van der Waals surface area contributed by atoms with E-state index in [9.17, 15) is 13.2 Å². The third-order valence-corrected chi connectivity index (χ3v) is 5.54. The van der Waals surface area contributed by atoms with Crippen molar-refractivity contribution in [1.29, 1.82) is 0 Å². The lowest BCUT2D eigenvalue weighted by atomic mass is 10.1. The van der Waals surface area contributed by atoms with Crippen LogP contribution < -0.4 is 10.1 Å². The van der Waals surface area contributed by atoms with Crippen LogP contribution in [0, 0.1) is 5.92 Å². The van der Waals surface area contributed by atoms with Crippen molar-refractivity contribution < 1.29 is 17.9 Å². The highest BCUT2D eigenvalue weighted by Gasteiger charge is 2.29. The van der Waals surface area contributed by atoms with Crippen molar-refractivity contribution in [1.82, 2.24) is 0 Å². The summed E-state index contributed by atoms with van der Waals surface area (Å²) in [6, 6.07) is 7.24. The zero-order chi connectivity index (χ0) is 16.0. The van der Waals surface area contributed by atoms with E-state index >= 15 is 0 Å². The number of unbranched alkanes of at least 4 members (excludes halogenated alkanes) is 1. The van der Waals surface area contributed by atoms with Crippen molar-refractivity contribution in [2.45, 2.75) is 32.6 Å². The van der Waals surface area contributed by atoms with Crippen LogP contribution in [0.5, 0.6) is 5.75 Å². The van der Waals surface area contributed by atoms with Crippen LogP contribution in [-0.2, 0) is 14.6 Å². The molecule has 1 N–H and O–H groups in total. The van der Waals surface area contributed by atoms with Crippen molar-refractivity contribution in [3.63, 3.8) is 0 Å². The van der Waals surface area contributed by atoms with Gasteiger partial charge in [0.25, 0.3) is 0 Å².